The van der Waals surface area contributed by atoms with Gasteiger partial charge in [-0.2, -0.15) is 0 Å². The fourth-order valence-electron chi connectivity index (χ4n) is 1.88. The number of thiol groups is 1. The minimum Gasteiger partial charge on any atom is -0.496 e. The SMILES string of the molecule is COc1cc(OC)c(C(=O)N[SH]2C=NC(C(=O)O)=C2)cc1OC. The van der Waals surface area contributed by atoms with E-state index in [0.717, 1.165) is 0 Å². The van der Waals surface area contributed by atoms with Crippen molar-refractivity contribution in [2.45, 2.75) is 0 Å². The van der Waals surface area contributed by atoms with E-state index < -0.39 is 23.0 Å². The highest BCUT2D eigenvalue weighted by Gasteiger charge is 2.20. The summed E-state index contributed by atoms with van der Waals surface area (Å²) < 4.78 is 18.2. The molecule has 23 heavy (non-hydrogen) atoms. The second-order valence-electron chi connectivity index (χ2n) is 4.32. The number of benzene rings is 1. The van der Waals surface area contributed by atoms with Crippen LogP contribution in [-0.4, -0.2) is 43.9 Å². The topological polar surface area (TPSA) is 106 Å². The lowest BCUT2D eigenvalue weighted by atomic mass is 10.1. The molecule has 8 nitrogen and oxygen atoms in total. The summed E-state index contributed by atoms with van der Waals surface area (Å²) in [4.78, 5) is 27.0. The molecule has 0 radical (unpaired) electrons. The summed E-state index contributed by atoms with van der Waals surface area (Å²) in [6.45, 7) is 0. The van der Waals surface area contributed by atoms with Crippen molar-refractivity contribution in [3.05, 3.63) is 28.8 Å². The van der Waals surface area contributed by atoms with Crippen LogP contribution < -0.4 is 18.9 Å². The lowest BCUT2D eigenvalue weighted by molar-refractivity contribution is -0.132. The molecule has 0 saturated heterocycles. The normalized spacial score (nSPS) is 17.3. The van der Waals surface area contributed by atoms with Crippen LogP contribution in [0.1, 0.15) is 10.4 Å². The van der Waals surface area contributed by atoms with Crippen LogP contribution in [0, 0.1) is 0 Å². The highest BCUT2D eigenvalue weighted by atomic mass is 32.2. The second kappa shape index (κ2) is 7.05. The van der Waals surface area contributed by atoms with Gasteiger partial charge >= 0.3 is 5.97 Å². The van der Waals surface area contributed by atoms with Crippen molar-refractivity contribution in [2.24, 2.45) is 4.99 Å². The minimum atomic E-state index is -1.28. The zero-order valence-electron chi connectivity index (χ0n) is 12.7. The number of methoxy groups -OCH3 is 3. The maximum Gasteiger partial charge on any atom is 0.355 e. The Labute approximate surface area is 135 Å². The number of amides is 1. The van der Waals surface area contributed by atoms with Gasteiger partial charge in [0.1, 0.15) is 5.75 Å². The summed E-state index contributed by atoms with van der Waals surface area (Å²) in [7, 11) is 4.37. The Morgan fingerprint density at radius 1 is 1.09 bits per heavy atom. The van der Waals surface area contributed by atoms with Crippen LogP contribution in [-0.2, 0) is 4.79 Å². The maximum atomic E-state index is 12.4. The number of rotatable bonds is 6. The molecule has 0 fully saturated rings. The number of carbonyl (C=O) groups excluding carboxylic acids is 1. The van der Waals surface area contributed by atoms with E-state index >= 15 is 0 Å². The Bertz CT molecular complexity index is 701. The van der Waals surface area contributed by atoms with Crippen molar-refractivity contribution in [3.8, 4) is 17.2 Å². The molecular weight excluding hydrogens is 324 g/mol. The van der Waals surface area contributed by atoms with Crippen molar-refractivity contribution in [1.82, 2.24) is 4.72 Å². The number of carboxylic acids is 1. The molecule has 0 spiro atoms. The van der Waals surface area contributed by atoms with Crippen molar-refractivity contribution in [3.63, 3.8) is 0 Å². The molecule has 9 heteroatoms. The van der Waals surface area contributed by atoms with Crippen LogP contribution in [0.15, 0.2) is 28.2 Å². The van der Waals surface area contributed by atoms with Crippen LogP contribution in [0.2, 0.25) is 0 Å². The first kappa shape index (κ1) is 16.7. The average molecular weight is 340 g/mol. The van der Waals surface area contributed by atoms with E-state index in [-0.39, 0.29) is 11.3 Å². The molecule has 1 amide bonds. The number of aliphatic imine (C=N–C) groups is 1. The van der Waals surface area contributed by atoms with Crippen molar-refractivity contribution in [2.75, 3.05) is 21.3 Å². The van der Waals surface area contributed by atoms with Crippen LogP contribution in [0.25, 0.3) is 0 Å². The van der Waals surface area contributed by atoms with Crippen molar-refractivity contribution < 1.29 is 28.9 Å². The zero-order valence-corrected chi connectivity index (χ0v) is 13.6. The van der Waals surface area contributed by atoms with Gasteiger partial charge in [0.05, 0.1) is 32.4 Å². The quantitative estimate of drug-likeness (QED) is 0.675. The molecule has 124 valence electrons. The summed E-state index contributed by atoms with van der Waals surface area (Å²) in [5, 5.41) is 10.3. The van der Waals surface area contributed by atoms with E-state index in [2.05, 4.69) is 9.71 Å². The summed E-state index contributed by atoms with van der Waals surface area (Å²) in [5.41, 5.74) is 1.57. The molecule has 1 aromatic carbocycles. The minimum absolute atomic E-state index is 0.0873. The average Bonchev–Trinajstić information content (AvgIpc) is 3.02. The fourth-order valence-corrected chi connectivity index (χ4v) is 3.11. The smallest absolute Gasteiger partial charge is 0.355 e. The number of carbonyl (C=O) groups is 2. The highest BCUT2D eigenvalue weighted by molar-refractivity contribution is 8.29. The Morgan fingerprint density at radius 3 is 2.22 bits per heavy atom. The maximum absolute atomic E-state index is 12.4. The van der Waals surface area contributed by atoms with Gasteiger partial charge in [-0.15, -0.1) is 11.1 Å². The first-order valence-corrected chi connectivity index (χ1v) is 7.86. The third kappa shape index (κ3) is 3.57. The lowest BCUT2D eigenvalue weighted by Crippen LogP contribution is -2.20. The van der Waals surface area contributed by atoms with E-state index in [9.17, 15) is 9.59 Å². The van der Waals surface area contributed by atoms with Gasteiger partial charge in [-0.05, 0) is 0 Å². The van der Waals surface area contributed by atoms with E-state index in [1.54, 1.807) is 6.07 Å². The van der Waals surface area contributed by atoms with Crippen molar-refractivity contribution in [1.29, 1.82) is 0 Å². The Hall–Kier alpha value is -2.68. The first-order chi connectivity index (χ1) is 11.0. The molecule has 2 N–H and O–H groups in total. The number of hydrogen-bond acceptors (Lipinski definition) is 6. The molecule has 1 aliphatic rings. The summed E-state index contributed by atoms with van der Waals surface area (Å²) in [6.07, 6.45) is 0. The summed E-state index contributed by atoms with van der Waals surface area (Å²) >= 11 is -1.28. The molecular formula is C14H16N2O6S. The standard InChI is InChI=1S/C14H16N2O6S/c1-20-10-5-12(22-3)11(21-2)4-8(10)13(17)16-23-6-9(14(18)19)15-7-23/h4-7,23H,1-3H3,(H,16,17)(H,18,19). The zero-order chi connectivity index (χ0) is 17.0. The molecule has 0 bridgehead atoms. The summed E-state index contributed by atoms with van der Waals surface area (Å²) in [5.74, 6) is -0.434. The van der Waals surface area contributed by atoms with Crippen molar-refractivity contribution >= 4 is 28.5 Å². The predicted molar refractivity (Wildman–Crippen MR) is 86.8 cm³/mol. The van der Waals surface area contributed by atoms with Gasteiger partial charge in [-0.1, -0.05) is 0 Å². The van der Waals surface area contributed by atoms with Gasteiger partial charge < -0.3 is 24.0 Å². The molecule has 1 atom stereocenters. The van der Waals surface area contributed by atoms with Gasteiger partial charge in [-0.25, -0.2) is 9.79 Å². The van der Waals surface area contributed by atoms with E-state index in [4.69, 9.17) is 19.3 Å². The van der Waals surface area contributed by atoms with E-state index in [0.29, 0.717) is 17.2 Å². The molecule has 1 aromatic rings. The van der Waals surface area contributed by atoms with Crippen LogP contribution in [0.4, 0.5) is 0 Å². The lowest BCUT2D eigenvalue weighted by Gasteiger charge is -2.16. The highest BCUT2D eigenvalue weighted by Crippen LogP contribution is 2.36. The Kier molecular flexibility index (Phi) is 5.12. The van der Waals surface area contributed by atoms with Gasteiger partial charge in [0.2, 0.25) is 0 Å². The third-order valence-electron chi connectivity index (χ3n) is 2.98. The van der Waals surface area contributed by atoms with Crippen LogP contribution >= 0.6 is 11.1 Å². The number of aliphatic carboxylic acids is 1. The van der Waals surface area contributed by atoms with Gasteiger partial charge in [0, 0.05) is 17.5 Å². The first-order valence-electron chi connectivity index (χ1n) is 6.38. The Morgan fingerprint density at radius 2 is 1.70 bits per heavy atom. The molecule has 1 unspecified atom stereocenters. The molecule has 0 saturated carbocycles. The predicted octanol–water partition coefficient (Wildman–Crippen LogP) is 1.33. The number of nitrogens with zero attached hydrogens (tertiary/aromatic N) is 1. The van der Waals surface area contributed by atoms with Crippen LogP contribution in [0.5, 0.6) is 17.2 Å². The fraction of sp³-hybridized carbons (Fsp3) is 0.214. The van der Waals surface area contributed by atoms with E-state index in [1.807, 2.05) is 0 Å². The second-order valence-corrected chi connectivity index (χ2v) is 5.85. The number of nitrogens with one attached hydrogen (secondary N) is 1. The molecule has 1 aliphatic heterocycles. The number of carboxylic acid groups (broad SMARTS) is 1. The third-order valence-corrected chi connectivity index (χ3v) is 4.33. The largest absolute Gasteiger partial charge is 0.496 e. The van der Waals surface area contributed by atoms with Gasteiger partial charge in [0.25, 0.3) is 5.91 Å². The van der Waals surface area contributed by atoms with Gasteiger partial charge in [0.15, 0.2) is 17.2 Å². The van der Waals surface area contributed by atoms with Gasteiger partial charge in [-0.3, -0.25) is 4.79 Å². The number of ether oxygens (including phenoxy) is 3. The molecule has 0 aliphatic carbocycles. The number of hydrogen-bond donors (Lipinski definition) is 3. The molecule has 0 aromatic heterocycles. The van der Waals surface area contributed by atoms with Crippen LogP contribution in [0.3, 0.4) is 0 Å². The Balaban J connectivity index is 2.26. The van der Waals surface area contributed by atoms with E-state index in [1.165, 1.54) is 38.4 Å². The molecule has 2 rings (SSSR count). The summed E-state index contributed by atoms with van der Waals surface area (Å²) in [6, 6.07) is 3.04. The monoisotopic (exact) mass is 340 g/mol. The molecule has 1 heterocycles.